The van der Waals surface area contributed by atoms with Gasteiger partial charge in [0.15, 0.2) is 18.4 Å². The quantitative estimate of drug-likeness (QED) is 0.687. The van der Waals surface area contributed by atoms with Crippen LogP contribution in [0.25, 0.3) is 0 Å². The summed E-state index contributed by atoms with van der Waals surface area (Å²) in [5.74, 6) is 0. The molecule has 1 unspecified atom stereocenters. The number of pyridine rings is 1. The molecule has 0 fully saturated rings. The zero-order chi connectivity index (χ0) is 12.3. The predicted molar refractivity (Wildman–Crippen MR) is 71.2 cm³/mol. The smallest absolute Gasteiger partial charge is 0.180 e. The summed E-state index contributed by atoms with van der Waals surface area (Å²) < 4.78 is 2.22. The third kappa shape index (κ3) is 3.23. The van der Waals surface area contributed by atoms with Crippen molar-refractivity contribution in [3.8, 4) is 0 Å². The molecule has 1 aromatic heterocycles. The molecule has 0 spiro atoms. The molecule has 2 aromatic rings. The summed E-state index contributed by atoms with van der Waals surface area (Å²) in [5.41, 5.74) is 2.55. The number of aromatic nitrogens is 1. The van der Waals surface area contributed by atoms with E-state index in [-0.39, 0.29) is 12.4 Å². The minimum Gasteiger partial charge on any atom is -1.00 e. The van der Waals surface area contributed by atoms with Crippen LogP contribution < -0.4 is 21.9 Å². The Kier molecular flexibility index (Phi) is 5.17. The van der Waals surface area contributed by atoms with E-state index in [4.69, 9.17) is 0 Å². The van der Waals surface area contributed by atoms with Crippen molar-refractivity contribution in [1.82, 2.24) is 0 Å². The van der Waals surface area contributed by atoms with E-state index in [0.29, 0.717) is 6.04 Å². The number of hydrogen-bond donors (Lipinski definition) is 0. The van der Waals surface area contributed by atoms with Crippen LogP contribution in [0.2, 0.25) is 0 Å². The maximum Gasteiger partial charge on any atom is 0.180 e. The standard InChI is InChI=1S/C15H19N2.ClH/c1-13(14-7-5-4-6-8-14)17-11-9-15(10-12-17)16(2)3;/h4-13H,1-3H3;1H/q+1;/p-1. The molecule has 0 amide bonds. The third-order valence-electron chi connectivity index (χ3n) is 3.08. The molecule has 0 N–H and O–H groups in total. The highest BCUT2D eigenvalue weighted by Gasteiger charge is 2.14. The highest BCUT2D eigenvalue weighted by Crippen LogP contribution is 2.12. The molecule has 96 valence electrons. The summed E-state index contributed by atoms with van der Waals surface area (Å²) in [6.07, 6.45) is 4.26. The molecule has 0 aliphatic rings. The summed E-state index contributed by atoms with van der Waals surface area (Å²) >= 11 is 0. The van der Waals surface area contributed by atoms with Gasteiger partial charge in [-0.2, -0.15) is 4.57 Å². The average Bonchev–Trinajstić information content (AvgIpc) is 2.39. The molecule has 3 heteroatoms. The van der Waals surface area contributed by atoms with Crippen molar-refractivity contribution in [2.45, 2.75) is 13.0 Å². The summed E-state index contributed by atoms with van der Waals surface area (Å²) in [6.45, 7) is 2.21. The molecule has 1 heterocycles. The lowest BCUT2D eigenvalue weighted by Crippen LogP contribution is -3.00. The fourth-order valence-corrected chi connectivity index (χ4v) is 1.89. The maximum atomic E-state index is 2.22. The molecule has 2 rings (SSSR count). The van der Waals surface area contributed by atoms with Crippen LogP contribution in [-0.4, -0.2) is 14.1 Å². The Labute approximate surface area is 115 Å². The van der Waals surface area contributed by atoms with E-state index >= 15 is 0 Å². The van der Waals surface area contributed by atoms with Crippen molar-refractivity contribution in [2.24, 2.45) is 0 Å². The van der Waals surface area contributed by atoms with Crippen LogP contribution >= 0.6 is 0 Å². The average molecular weight is 263 g/mol. The predicted octanol–water partition coefficient (Wildman–Crippen LogP) is -0.347. The van der Waals surface area contributed by atoms with Gasteiger partial charge in [0.2, 0.25) is 0 Å². The summed E-state index contributed by atoms with van der Waals surface area (Å²) in [6, 6.07) is 15.2. The first-order valence-electron chi connectivity index (χ1n) is 5.91. The first-order valence-corrected chi connectivity index (χ1v) is 5.91. The summed E-state index contributed by atoms with van der Waals surface area (Å²) in [4.78, 5) is 2.11. The Hall–Kier alpha value is -1.54. The molecule has 1 aromatic carbocycles. The van der Waals surface area contributed by atoms with Crippen molar-refractivity contribution in [1.29, 1.82) is 0 Å². The lowest BCUT2D eigenvalue weighted by atomic mass is 10.1. The number of anilines is 1. The molecule has 0 saturated carbocycles. The molecule has 18 heavy (non-hydrogen) atoms. The Bertz CT molecular complexity index is 466. The van der Waals surface area contributed by atoms with Gasteiger partial charge in [0.05, 0.1) is 0 Å². The van der Waals surface area contributed by atoms with Gasteiger partial charge in [-0.1, -0.05) is 30.3 Å². The lowest BCUT2D eigenvalue weighted by molar-refractivity contribution is -0.710. The Morgan fingerprint density at radius 1 is 0.944 bits per heavy atom. The molecular formula is C15H19ClN2. The van der Waals surface area contributed by atoms with Crippen LogP contribution in [0.3, 0.4) is 0 Å². The second kappa shape index (κ2) is 6.41. The van der Waals surface area contributed by atoms with E-state index in [9.17, 15) is 0 Å². The van der Waals surface area contributed by atoms with Gasteiger partial charge in [-0.15, -0.1) is 0 Å². The SMILES string of the molecule is CC(c1ccccc1)[n+]1ccc(N(C)C)cc1.[Cl-]. The van der Waals surface area contributed by atoms with Gasteiger partial charge in [-0.05, 0) is 0 Å². The number of nitrogens with zero attached hydrogens (tertiary/aromatic N) is 2. The fourth-order valence-electron chi connectivity index (χ4n) is 1.89. The van der Waals surface area contributed by atoms with E-state index in [1.54, 1.807) is 0 Å². The van der Waals surface area contributed by atoms with Gasteiger partial charge in [0.25, 0.3) is 0 Å². The van der Waals surface area contributed by atoms with Crippen LogP contribution in [0, 0.1) is 0 Å². The van der Waals surface area contributed by atoms with Gasteiger partial charge in [0, 0.05) is 44.4 Å². The molecular weight excluding hydrogens is 244 g/mol. The highest BCUT2D eigenvalue weighted by molar-refractivity contribution is 5.41. The number of halogens is 1. The van der Waals surface area contributed by atoms with Gasteiger partial charge in [0.1, 0.15) is 0 Å². The van der Waals surface area contributed by atoms with Gasteiger partial charge in [-0.25, -0.2) is 0 Å². The highest BCUT2D eigenvalue weighted by atomic mass is 35.5. The monoisotopic (exact) mass is 262 g/mol. The van der Waals surface area contributed by atoms with Gasteiger partial charge >= 0.3 is 0 Å². The van der Waals surface area contributed by atoms with Crippen molar-refractivity contribution >= 4 is 5.69 Å². The normalized spacial score (nSPS) is 11.5. The largest absolute Gasteiger partial charge is 1.00 e. The number of rotatable bonds is 3. The van der Waals surface area contributed by atoms with Crippen LogP contribution in [0.1, 0.15) is 18.5 Å². The van der Waals surface area contributed by atoms with E-state index in [1.807, 2.05) is 0 Å². The number of benzene rings is 1. The maximum absolute atomic E-state index is 2.22. The van der Waals surface area contributed by atoms with Crippen LogP contribution in [0.4, 0.5) is 5.69 Å². The Morgan fingerprint density at radius 3 is 2.00 bits per heavy atom. The molecule has 0 aliphatic heterocycles. The lowest BCUT2D eigenvalue weighted by Gasteiger charge is -2.12. The Morgan fingerprint density at radius 2 is 1.50 bits per heavy atom. The van der Waals surface area contributed by atoms with Crippen molar-refractivity contribution < 1.29 is 17.0 Å². The zero-order valence-corrected chi connectivity index (χ0v) is 11.8. The van der Waals surface area contributed by atoms with E-state index in [1.165, 1.54) is 11.3 Å². The van der Waals surface area contributed by atoms with Crippen molar-refractivity contribution in [3.05, 3.63) is 60.4 Å². The topological polar surface area (TPSA) is 7.12 Å². The van der Waals surface area contributed by atoms with Crippen molar-refractivity contribution in [2.75, 3.05) is 19.0 Å². The van der Waals surface area contributed by atoms with E-state index in [0.717, 1.165) is 0 Å². The van der Waals surface area contributed by atoms with Gasteiger partial charge in [-0.3, -0.25) is 0 Å². The first kappa shape index (κ1) is 14.5. The minimum absolute atomic E-state index is 0. The fraction of sp³-hybridized carbons (Fsp3) is 0.267. The molecule has 1 atom stereocenters. The van der Waals surface area contributed by atoms with Crippen LogP contribution in [0.15, 0.2) is 54.9 Å². The molecule has 0 saturated heterocycles. The molecule has 0 bridgehead atoms. The minimum atomic E-state index is 0. The molecule has 0 aliphatic carbocycles. The second-order valence-electron chi connectivity index (χ2n) is 4.48. The molecule has 2 nitrogen and oxygen atoms in total. The van der Waals surface area contributed by atoms with Crippen LogP contribution in [-0.2, 0) is 0 Å². The van der Waals surface area contributed by atoms with Crippen molar-refractivity contribution in [3.63, 3.8) is 0 Å². The van der Waals surface area contributed by atoms with E-state index < -0.39 is 0 Å². The number of hydrogen-bond acceptors (Lipinski definition) is 1. The van der Waals surface area contributed by atoms with E-state index in [2.05, 4.69) is 85.3 Å². The summed E-state index contributed by atoms with van der Waals surface area (Å²) in [7, 11) is 4.11. The Balaban J connectivity index is 0.00000162. The van der Waals surface area contributed by atoms with Crippen LogP contribution in [0.5, 0.6) is 0 Å². The van der Waals surface area contributed by atoms with Gasteiger partial charge < -0.3 is 17.3 Å². The molecule has 0 radical (unpaired) electrons. The first-order chi connectivity index (χ1) is 8.18. The third-order valence-corrected chi connectivity index (χ3v) is 3.08. The second-order valence-corrected chi connectivity index (χ2v) is 4.48. The zero-order valence-electron chi connectivity index (χ0n) is 11.0. The summed E-state index contributed by atoms with van der Waals surface area (Å²) in [5, 5.41) is 0.